The van der Waals surface area contributed by atoms with Crippen LogP contribution in [0.15, 0.2) is 56.2 Å². The van der Waals surface area contributed by atoms with E-state index >= 15 is 0 Å². The maximum Gasteiger partial charge on any atom is 0.331 e. The lowest BCUT2D eigenvalue weighted by Gasteiger charge is -1.95. The number of hydrogen-bond acceptors (Lipinski definition) is 7. The molecule has 0 amide bonds. The molecular formula is C14H10N2O5. The van der Waals surface area contributed by atoms with Crippen molar-refractivity contribution in [2.75, 3.05) is 0 Å². The van der Waals surface area contributed by atoms with E-state index in [2.05, 4.69) is 10.1 Å². The van der Waals surface area contributed by atoms with Crippen molar-refractivity contribution in [1.82, 2.24) is 10.1 Å². The Morgan fingerprint density at radius 1 is 1.24 bits per heavy atom. The van der Waals surface area contributed by atoms with Gasteiger partial charge in [0, 0.05) is 6.08 Å². The Balaban J connectivity index is 1.54. The average Bonchev–Trinajstić information content (AvgIpc) is 3.24. The summed E-state index contributed by atoms with van der Waals surface area (Å²) < 4.78 is 20.1. The van der Waals surface area contributed by atoms with Crippen LogP contribution in [0.3, 0.4) is 0 Å². The van der Waals surface area contributed by atoms with Crippen LogP contribution in [0, 0.1) is 0 Å². The minimum Gasteiger partial charge on any atom is -0.465 e. The van der Waals surface area contributed by atoms with Crippen molar-refractivity contribution in [3.63, 3.8) is 0 Å². The molecule has 7 heteroatoms. The molecule has 0 aliphatic rings. The molecule has 0 N–H and O–H groups in total. The molecule has 0 aromatic carbocycles. The second kappa shape index (κ2) is 5.91. The van der Waals surface area contributed by atoms with Crippen LogP contribution in [0.5, 0.6) is 0 Å². The van der Waals surface area contributed by atoms with E-state index in [1.807, 2.05) is 0 Å². The van der Waals surface area contributed by atoms with Crippen molar-refractivity contribution in [3.8, 4) is 11.6 Å². The van der Waals surface area contributed by atoms with Crippen LogP contribution in [0.4, 0.5) is 0 Å². The van der Waals surface area contributed by atoms with E-state index in [1.54, 1.807) is 24.3 Å². The lowest BCUT2D eigenvalue weighted by atomic mass is 10.4. The number of aromatic nitrogens is 2. The summed E-state index contributed by atoms with van der Waals surface area (Å²) in [4.78, 5) is 15.5. The van der Waals surface area contributed by atoms with Crippen molar-refractivity contribution in [2.24, 2.45) is 0 Å². The van der Waals surface area contributed by atoms with Crippen LogP contribution in [-0.2, 0) is 16.1 Å². The highest BCUT2D eigenvalue weighted by molar-refractivity contribution is 5.86. The van der Waals surface area contributed by atoms with Crippen molar-refractivity contribution in [1.29, 1.82) is 0 Å². The molecule has 0 spiro atoms. The number of nitrogens with zero attached hydrogens (tertiary/aromatic N) is 2. The van der Waals surface area contributed by atoms with Gasteiger partial charge in [0.15, 0.2) is 12.4 Å². The first-order valence-electron chi connectivity index (χ1n) is 6.06. The smallest absolute Gasteiger partial charge is 0.331 e. The molecule has 0 unspecified atom stereocenters. The van der Waals surface area contributed by atoms with Crippen LogP contribution >= 0.6 is 0 Å². The summed E-state index contributed by atoms with van der Waals surface area (Å²) >= 11 is 0. The van der Waals surface area contributed by atoms with Crippen LogP contribution in [0.25, 0.3) is 17.7 Å². The van der Waals surface area contributed by atoms with E-state index in [-0.39, 0.29) is 12.5 Å². The minimum absolute atomic E-state index is 0.116. The minimum atomic E-state index is -0.538. The Morgan fingerprint density at radius 2 is 2.10 bits per heavy atom. The standard InChI is InChI=1S/C14H10N2O5/c17-13(6-5-10-3-1-7-18-10)20-9-12-15-14(16-21-12)11-4-2-8-19-11/h1-8H,9H2. The normalized spacial score (nSPS) is 11.0. The zero-order chi connectivity index (χ0) is 14.5. The molecule has 0 radical (unpaired) electrons. The van der Waals surface area contributed by atoms with Gasteiger partial charge in [0.25, 0.3) is 5.89 Å². The predicted octanol–water partition coefficient (Wildman–Crippen LogP) is 2.68. The van der Waals surface area contributed by atoms with Crippen molar-refractivity contribution >= 4 is 12.0 Å². The molecule has 0 aliphatic heterocycles. The number of furan rings is 2. The Morgan fingerprint density at radius 3 is 2.86 bits per heavy atom. The Bertz CT molecular complexity index is 725. The van der Waals surface area contributed by atoms with Crippen molar-refractivity contribution in [3.05, 3.63) is 54.5 Å². The quantitative estimate of drug-likeness (QED) is 0.526. The van der Waals surface area contributed by atoms with Gasteiger partial charge in [-0.2, -0.15) is 4.98 Å². The van der Waals surface area contributed by atoms with Crippen molar-refractivity contribution in [2.45, 2.75) is 6.61 Å². The van der Waals surface area contributed by atoms with Crippen LogP contribution < -0.4 is 0 Å². The third-order valence-electron chi connectivity index (χ3n) is 2.47. The molecule has 0 aliphatic carbocycles. The highest BCUT2D eigenvalue weighted by Gasteiger charge is 2.11. The molecule has 3 heterocycles. The van der Waals surface area contributed by atoms with Crippen LogP contribution in [-0.4, -0.2) is 16.1 Å². The summed E-state index contributed by atoms with van der Waals surface area (Å²) in [5.74, 6) is 0.987. The maximum absolute atomic E-state index is 11.5. The summed E-state index contributed by atoms with van der Waals surface area (Å²) in [6.07, 6.45) is 5.78. The van der Waals surface area contributed by atoms with Gasteiger partial charge in [0.05, 0.1) is 12.5 Å². The molecular weight excluding hydrogens is 276 g/mol. The number of carbonyl (C=O) groups excluding carboxylic acids is 1. The molecule has 21 heavy (non-hydrogen) atoms. The van der Waals surface area contributed by atoms with E-state index in [9.17, 15) is 4.79 Å². The Kier molecular flexibility index (Phi) is 3.64. The van der Waals surface area contributed by atoms with E-state index in [4.69, 9.17) is 18.1 Å². The predicted molar refractivity (Wildman–Crippen MR) is 69.5 cm³/mol. The second-order valence-corrected chi connectivity index (χ2v) is 3.95. The first-order valence-corrected chi connectivity index (χ1v) is 6.06. The summed E-state index contributed by atoms with van der Waals surface area (Å²) in [5.41, 5.74) is 0. The maximum atomic E-state index is 11.5. The van der Waals surface area contributed by atoms with Gasteiger partial charge in [-0.15, -0.1) is 0 Å². The molecule has 3 aromatic heterocycles. The first kappa shape index (κ1) is 12.9. The average molecular weight is 286 g/mol. The molecule has 7 nitrogen and oxygen atoms in total. The zero-order valence-corrected chi connectivity index (χ0v) is 10.8. The lowest BCUT2D eigenvalue weighted by molar-refractivity contribution is -0.139. The molecule has 3 aromatic rings. The van der Waals surface area contributed by atoms with Crippen LogP contribution in [0.1, 0.15) is 11.7 Å². The molecule has 0 saturated carbocycles. The van der Waals surface area contributed by atoms with Gasteiger partial charge in [-0.05, 0) is 30.3 Å². The Hall–Kier alpha value is -3.09. The van der Waals surface area contributed by atoms with Gasteiger partial charge in [-0.1, -0.05) is 5.16 Å². The SMILES string of the molecule is O=C(C=Cc1ccco1)OCc1nc(-c2ccco2)no1. The van der Waals surface area contributed by atoms with E-state index < -0.39 is 5.97 Å². The third-order valence-corrected chi connectivity index (χ3v) is 2.47. The van der Waals surface area contributed by atoms with Crippen molar-refractivity contribution < 1.29 is 22.9 Å². The number of hydrogen-bond donors (Lipinski definition) is 0. The molecule has 0 fully saturated rings. The molecule has 0 saturated heterocycles. The highest BCUT2D eigenvalue weighted by Crippen LogP contribution is 2.16. The first-order chi connectivity index (χ1) is 10.3. The number of ether oxygens (including phenoxy) is 1. The molecule has 0 bridgehead atoms. The molecule has 3 rings (SSSR count). The molecule has 106 valence electrons. The van der Waals surface area contributed by atoms with Gasteiger partial charge < -0.3 is 18.1 Å². The second-order valence-electron chi connectivity index (χ2n) is 3.95. The fourth-order valence-electron chi connectivity index (χ4n) is 1.54. The van der Waals surface area contributed by atoms with Crippen LogP contribution in [0.2, 0.25) is 0 Å². The summed E-state index contributed by atoms with van der Waals surface area (Å²) in [6.45, 7) is -0.116. The largest absolute Gasteiger partial charge is 0.465 e. The lowest BCUT2D eigenvalue weighted by Crippen LogP contribution is -2.00. The Labute approximate surface area is 118 Å². The molecule has 0 atom stereocenters. The zero-order valence-electron chi connectivity index (χ0n) is 10.8. The number of rotatable bonds is 5. The van der Waals surface area contributed by atoms with E-state index in [0.717, 1.165) is 0 Å². The summed E-state index contributed by atoms with van der Waals surface area (Å²) in [6, 6.07) is 6.86. The van der Waals surface area contributed by atoms with Gasteiger partial charge in [0.1, 0.15) is 5.76 Å². The highest BCUT2D eigenvalue weighted by atomic mass is 16.6. The van der Waals surface area contributed by atoms with Gasteiger partial charge in [-0.25, -0.2) is 4.79 Å². The summed E-state index contributed by atoms with van der Waals surface area (Å²) in [5, 5.41) is 3.72. The van der Waals surface area contributed by atoms with Gasteiger partial charge >= 0.3 is 5.97 Å². The number of esters is 1. The third kappa shape index (κ3) is 3.27. The van der Waals surface area contributed by atoms with E-state index in [0.29, 0.717) is 17.3 Å². The number of carbonyl (C=O) groups is 1. The fraction of sp³-hybridized carbons (Fsp3) is 0.0714. The summed E-state index contributed by atoms with van der Waals surface area (Å²) in [7, 11) is 0. The fourth-order valence-corrected chi connectivity index (χ4v) is 1.54. The van der Waals surface area contributed by atoms with Gasteiger partial charge in [0.2, 0.25) is 5.82 Å². The monoisotopic (exact) mass is 286 g/mol. The topological polar surface area (TPSA) is 91.5 Å². The van der Waals surface area contributed by atoms with Gasteiger partial charge in [-0.3, -0.25) is 0 Å². The van der Waals surface area contributed by atoms with E-state index in [1.165, 1.54) is 24.7 Å².